The normalized spacial score (nSPS) is 26.6. The number of ether oxygens (including phenoxy) is 1. The van der Waals surface area contributed by atoms with Crippen molar-refractivity contribution in [2.45, 2.75) is 44.1 Å². The highest BCUT2D eigenvalue weighted by molar-refractivity contribution is 5.81. The molecule has 0 bridgehead atoms. The molecule has 1 heterocycles. The number of hydrogen-bond donors (Lipinski definition) is 0. The Bertz CT molecular complexity index is 217. The molecule has 0 N–H and O–H groups in total. The summed E-state index contributed by atoms with van der Waals surface area (Å²) >= 11 is 0. The van der Waals surface area contributed by atoms with Crippen LogP contribution >= 0.6 is 0 Å². The van der Waals surface area contributed by atoms with Crippen LogP contribution in [0.25, 0.3) is 0 Å². The smallest absolute Gasteiger partial charge is 0.326 e. The van der Waals surface area contributed by atoms with Crippen LogP contribution in [0.15, 0.2) is 0 Å². The van der Waals surface area contributed by atoms with E-state index < -0.39 is 0 Å². The predicted molar refractivity (Wildman–Crippen MR) is 54.0 cm³/mol. The molecule has 1 aliphatic heterocycles. The Hall–Kier alpha value is -0.570. The molecular weight excluding hydrogens is 178 g/mol. The standard InChI is InChI=1S/C11H19NO2/c1-14-10(13)11(6-5-7-11)12-8-3-2-4-9-12/h2-9H2,1H3. The van der Waals surface area contributed by atoms with Crippen LogP contribution in [0.2, 0.25) is 0 Å². The molecule has 2 rings (SSSR count). The zero-order valence-corrected chi connectivity index (χ0v) is 8.92. The number of nitrogens with zero attached hydrogens (tertiary/aromatic N) is 1. The maximum atomic E-state index is 11.8. The number of piperidine rings is 1. The van der Waals surface area contributed by atoms with Crippen LogP contribution in [-0.4, -0.2) is 36.6 Å². The van der Waals surface area contributed by atoms with E-state index in [1.54, 1.807) is 0 Å². The van der Waals surface area contributed by atoms with E-state index in [1.807, 2.05) is 0 Å². The molecule has 14 heavy (non-hydrogen) atoms. The van der Waals surface area contributed by atoms with Gasteiger partial charge < -0.3 is 4.74 Å². The molecule has 1 aliphatic carbocycles. The maximum Gasteiger partial charge on any atom is 0.326 e. The van der Waals surface area contributed by atoms with Crippen molar-refractivity contribution < 1.29 is 9.53 Å². The van der Waals surface area contributed by atoms with Gasteiger partial charge in [-0.1, -0.05) is 6.42 Å². The molecular formula is C11H19NO2. The fourth-order valence-electron chi connectivity index (χ4n) is 2.67. The van der Waals surface area contributed by atoms with E-state index in [2.05, 4.69) is 4.90 Å². The van der Waals surface area contributed by atoms with Crippen molar-refractivity contribution >= 4 is 5.97 Å². The summed E-state index contributed by atoms with van der Waals surface area (Å²) in [5.41, 5.74) is -0.227. The highest BCUT2D eigenvalue weighted by atomic mass is 16.5. The van der Waals surface area contributed by atoms with Gasteiger partial charge in [0.25, 0.3) is 0 Å². The van der Waals surface area contributed by atoms with Crippen LogP contribution < -0.4 is 0 Å². The molecule has 1 saturated carbocycles. The Morgan fingerprint density at radius 1 is 1.14 bits per heavy atom. The van der Waals surface area contributed by atoms with Gasteiger partial charge in [0.2, 0.25) is 0 Å². The minimum Gasteiger partial charge on any atom is -0.468 e. The quantitative estimate of drug-likeness (QED) is 0.629. The van der Waals surface area contributed by atoms with Crippen LogP contribution in [0.5, 0.6) is 0 Å². The minimum atomic E-state index is -0.227. The number of esters is 1. The second-order valence-electron chi connectivity index (χ2n) is 4.42. The van der Waals surface area contributed by atoms with Crippen molar-refractivity contribution in [2.75, 3.05) is 20.2 Å². The first-order valence-corrected chi connectivity index (χ1v) is 5.63. The first-order chi connectivity index (χ1) is 6.79. The van der Waals surface area contributed by atoms with E-state index in [-0.39, 0.29) is 11.5 Å². The second-order valence-corrected chi connectivity index (χ2v) is 4.42. The zero-order valence-electron chi connectivity index (χ0n) is 8.92. The number of rotatable bonds is 2. The van der Waals surface area contributed by atoms with Crippen LogP contribution in [0.3, 0.4) is 0 Å². The lowest BCUT2D eigenvalue weighted by Gasteiger charge is -2.49. The summed E-state index contributed by atoms with van der Waals surface area (Å²) in [6.45, 7) is 2.16. The lowest BCUT2D eigenvalue weighted by molar-refractivity contribution is -0.163. The van der Waals surface area contributed by atoms with Crippen LogP contribution in [-0.2, 0) is 9.53 Å². The Balaban J connectivity index is 2.06. The lowest BCUT2D eigenvalue weighted by Crippen LogP contribution is -2.60. The number of carbonyl (C=O) groups is 1. The van der Waals surface area contributed by atoms with Gasteiger partial charge in [-0.25, -0.2) is 0 Å². The number of hydrogen-bond acceptors (Lipinski definition) is 3. The molecule has 1 saturated heterocycles. The second kappa shape index (κ2) is 3.89. The molecule has 0 aromatic heterocycles. The predicted octanol–water partition coefficient (Wildman–Crippen LogP) is 1.57. The van der Waals surface area contributed by atoms with E-state index in [9.17, 15) is 4.79 Å². The molecule has 3 heteroatoms. The van der Waals surface area contributed by atoms with Gasteiger partial charge in [-0.2, -0.15) is 0 Å². The first-order valence-electron chi connectivity index (χ1n) is 5.63. The Labute approximate surface area is 85.4 Å². The van der Waals surface area contributed by atoms with Gasteiger partial charge in [-0.3, -0.25) is 9.69 Å². The van der Waals surface area contributed by atoms with Crippen LogP contribution in [0.4, 0.5) is 0 Å². The van der Waals surface area contributed by atoms with Crippen molar-refractivity contribution in [3.05, 3.63) is 0 Å². The Morgan fingerprint density at radius 3 is 2.21 bits per heavy atom. The SMILES string of the molecule is COC(=O)C1(N2CCCCC2)CCC1. The van der Waals surface area contributed by atoms with Crippen molar-refractivity contribution in [3.63, 3.8) is 0 Å². The van der Waals surface area contributed by atoms with Gasteiger partial charge in [0.15, 0.2) is 0 Å². The van der Waals surface area contributed by atoms with Gasteiger partial charge >= 0.3 is 5.97 Å². The van der Waals surface area contributed by atoms with E-state index >= 15 is 0 Å². The highest BCUT2D eigenvalue weighted by Crippen LogP contribution is 2.40. The fraction of sp³-hybridized carbons (Fsp3) is 0.909. The van der Waals surface area contributed by atoms with E-state index in [0.29, 0.717) is 0 Å². The van der Waals surface area contributed by atoms with Crippen molar-refractivity contribution in [1.82, 2.24) is 4.90 Å². The molecule has 0 radical (unpaired) electrons. The average molecular weight is 197 g/mol. The Morgan fingerprint density at radius 2 is 1.79 bits per heavy atom. The van der Waals surface area contributed by atoms with Gasteiger partial charge in [0, 0.05) is 0 Å². The highest BCUT2D eigenvalue weighted by Gasteiger charge is 2.49. The molecule has 0 amide bonds. The van der Waals surface area contributed by atoms with Crippen molar-refractivity contribution in [2.24, 2.45) is 0 Å². The van der Waals surface area contributed by atoms with E-state index in [0.717, 1.165) is 25.9 Å². The summed E-state index contributed by atoms with van der Waals surface area (Å²) in [6.07, 6.45) is 6.95. The molecule has 0 unspecified atom stereocenters. The summed E-state index contributed by atoms with van der Waals surface area (Å²) in [5, 5.41) is 0. The average Bonchev–Trinajstić information content (AvgIpc) is 2.17. The monoisotopic (exact) mass is 197 g/mol. The van der Waals surface area contributed by atoms with E-state index in [1.165, 1.54) is 32.8 Å². The third-order valence-corrected chi connectivity index (χ3v) is 3.71. The topological polar surface area (TPSA) is 29.5 Å². The summed E-state index contributed by atoms with van der Waals surface area (Å²) in [5.74, 6) is -0.00866. The number of methoxy groups -OCH3 is 1. The Kier molecular flexibility index (Phi) is 2.77. The minimum absolute atomic E-state index is 0.00866. The van der Waals surface area contributed by atoms with Gasteiger partial charge in [0.05, 0.1) is 7.11 Å². The summed E-state index contributed by atoms with van der Waals surface area (Å²) in [4.78, 5) is 14.1. The van der Waals surface area contributed by atoms with Gasteiger partial charge in [-0.15, -0.1) is 0 Å². The van der Waals surface area contributed by atoms with Crippen LogP contribution in [0.1, 0.15) is 38.5 Å². The molecule has 80 valence electrons. The summed E-state index contributed by atoms with van der Waals surface area (Å²) in [7, 11) is 1.51. The third-order valence-electron chi connectivity index (χ3n) is 3.71. The van der Waals surface area contributed by atoms with Gasteiger partial charge in [0.1, 0.15) is 5.54 Å². The molecule has 0 atom stereocenters. The summed E-state index contributed by atoms with van der Waals surface area (Å²) < 4.78 is 4.93. The maximum absolute atomic E-state index is 11.8. The number of likely N-dealkylation sites (tertiary alicyclic amines) is 1. The van der Waals surface area contributed by atoms with Crippen molar-refractivity contribution in [3.8, 4) is 0 Å². The third kappa shape index (κ3) is 1.44. The zero-order chi connectivity index (χ0) is 10.0. The van der Waals surface area contributed by atoms with Crippen molar-refractivity contribution in [1.29, 1.82) is 0 Å². The molecule has 2 aliphatic rings. The largest absolute Gasteiger partial charge is 0.468 e. The first kappa shape index (κ1) is 9.97. The fourth-order valence-corrected chi connectivity index (χ4v) is 2.67. The molecule has 0 aromatic rings. The molecule has 0 aromatic carbocycles. The number of carbonyl (C=O) groups excluding carboxylic acids is 1. The molecule has 3 nitrogen and oxygen atoms in total. The van der Waals surface area contributed by atoms with Crippen LogP contribution in [0, 0.1) is 0 Å². The summed E-state index contributed by atoms with van der Waals surface area (Å²) in [6, 6.07) is 0. The molecule has 2 fully saturated rings. The van der Waals surface area contributed by atoms with Gasteiger partial charge in [-0.05, 0) is 45.2 Å². The van der Waals surface area contributed by atoms with E-state index in [4.69, 9.17) is 4.74 Å². The lowest BCUT2D eigenvalue weighted by atomic mass is 9.74. The molecule has 0 spiro atoms.